The SMILES string of the molecule is C[C@@H](NS(=O)(=O)c1ccc(Cl)cc1[N+](=O)[O-])c1ccc(F)cc1F. The van der Waals surface area contributed by atoms with Crippen molar-refractivity contribution in [2.45, 2.75) is 17.9 Å². The molecule has 0 spiro atoms. The Kier molecular flexibility index (Phi) is 5.16. The number of halogens is 3. The maximum absolute atomic E-state index is 13.7. The van der Waals surface area contributed by atoms with Crippen LogP contribution in [0.5, 0.6) is 0 Å². The van der Waals surface area contributed by atoms with Crippen LogP contribution in [-0.2, 0) is 10.0 Å². The minimum Gasteiger partial charge on any atom is -0.258 e. The topological polar surface area (TPSA) is 89.3 Å². The number of nitrogens with zero attached hydrogens (tertiary/aromatic N) is 1. The number of nitro benzene ring substituents is 1. The van der Waals surface area contributed by atoms with Crippen LogP contribution in [-0.4, -0.2) is 13.3 Å². The van der Waals surface area contributed by atoms with Crippen molar-refractivity contribution in [2.75, 3.05) is 0 Å². The Morgan fingerprint density at radius 3 is 2.46 bits per heavy atom. The zero-order valence-electron chi connectivity index (χ0n) is 12.2. The Hall–Kier alpha value is -2.10. The normalized spacial score (nSPS) is 12.8. The summed E-state index contributed by atoms with van der Waals surface area (Å²) in [5.74, 6) is -1.74. The Balaban J connectivity index is 2.40. The molecule has 2 rings (SSSR count). The summed E-state index contributed by atoms with van der Waals surface area (Å²) in [6, 6.07) is 4.68. The van der Waals surface area contributed by atoms with E-state index in [1.807, 2.05) is 0 Å². The van der Waals surface area contributed by atoms with Crippen LogP contribution in [0.4, 0.5) is 14.5 Å². The van der Waals surface area contributed by atoms with Crippen LogP contribution in [0, 0.1) is 21.7 Å². The molecule has 128 valence electrons. The molecule has 0 bridgehead atoms. The summed E-state index contributed by atoms with van der Waals surface area (Å²) in [5.41, 5.74) is -0.807. The van der Waals surface area contributed by atoms with Gasteiger partial charge in [-0.2, -0.15) is 0 Å². The van der Waals surface area contributed by atoms with Crippen molar-refractivity contribution in [3.63, 3.8) is 0 Å². The summed E-state index contributed by atoms with van der Waals surface area (Å²) >= 11 is 5.64. The molecule has 1 atom stereocenters. The van der Waals surface area contributed by atoms with Crippen molar-refractivity contribution in [1.29, 1.82) is 0 Å². The minimum absolute atomic E-state index is 0.00159. The van der Waals surface area contributed by atoms with Crippen LogP contribution in [0.3, 0.4) is 0 Å². The molecule has 0 aliphatic carbocycles. The van der Waals surface area contributed by atoms with E-state index in [0.29, 0.717) is 6.07 Å². The van der Waals surface area contributed by atoms with Gasteiger partial charge in [0.15, 0.2) is 4.90 Å². The lowest BCUT2D eigenvalue weighted by atomic mass is 10.1. The Labute approximate surface area is 141 Å². The van der Waals surface area contributed by atoms with Crippen molar-refractivity contribution < 1.29 is 22.1 Å². The summed E-state index contributed by atoms with van der Waals surface area (Å²) in [6.07, 6.45) is 0. The number of hydrogen-bond donors (Lipinski definition) is 1. The molecule has 0 aliphatic heterocycles. The monoisotopic (exact) mass is 376 g/mol. The highest BCUT2D eigenvalue weighted by atomic mass is 35.5. The predicted molar refractivity (Wildman–Crippen MR) is 83.2 cm³/mol. The van der Waals surface area contributed by atoms with E-state index in [0.717, 1.165) is 24.3 Å². The van der Waals surface area contributed by atoms with Crippen LogP contribution in [0.1, 0.15) is 18.5 Å². The molecule has 2 aromatic carbocycles. The molecule has 2 aromatic rings. The molecule has 10 heteroatoms. The van der Waals surface area contributed by atoms with Crippen LogP contribution in [0.2, 0.25) is 5.02 Å². The van der Waals surface area contributed by atoms with Crippen molar-refractivity contribution >= 4 is 27.3 Å². The number of nitrogens with one attached hydrogen (secondary N) is 1. The van der Waals surface area contributed by atoms with Gasteiger partial charge >= 0.3 is 0 Å². The Morgan fingerprint density at radius 2 is 1.88 bits per heavy atom. The molecule has 0 saturated carbocycles. The average Bonchev–Trinajstić information content (AvgIpc) is 2.45. The van der Waals surface area contributed by atoms with Gasteiger partial charge in [0, 0.05) is 28.8 Å². The van der Waals surface area contributed by atoms with Crippen LogP contribution >= 0.6 is 11.6 Å². The molecular formula is C14H11ClF2N2O4S. The maximum atomic E-state index is 13.7. The van der Waals surface area contributed by atoms with Gasteiger partial charge in [-0.25, -0.2) is 21.9 Å². The predicted octanol–water partition coefficient (Wildman–Crippen LogP) is 3.57. The largest absolute Gasteiger partial charge is 0.290 e. The van der Waals surface area contributed by atoms with Gasteiger partial charge in [0.05, 0.1) is 4.92 Å². The van der Waals surface area contributed by atoms with Gasteiger partial charge in [-0.15, -0.1) is 0 Å². The lowest BCUT2D eigenvalue weighted by Gasteiger charge is -2.15. The Bertz CT molecular complexity index is 906. The molecule has 0 amide bonds. The summed E-state index contributed by atoms with van der Waals surface area (Å²) in [4.78, 5) is 9.53. The fourth-order valence-corrected chi connectivity index (χ4v) is 3.61. The maximum Gasteiger partial charge on any atom is 0.290 e. The third kappa shape index (κ3) is 3.86. The van der Waals surface area contributed by atoms with Crippen LogP contribution in [0.25, 0.3) is 0 Å². The smallest absolute Gasteiger partial charge is 0.258 e. The van der Waals surface area contributed by atoms with E-state index in [9.17, 15) is 27.3 Å². The van der Waals surface area contributed by atoms with E-state index in [-0.39, 0.29) is 10.6 Å². The van der Waals surface area contributed by atoms with Gasteiger partial charge in [0.25, 0.3) is 5.69 Å². The number of nitro groups is 1. The Morgan fingerprint density at radius 1 is 1.21 bits per heavy atom. The van der Waals surface area contributed by atoms with Gasteiger partial charge in [-0.3, -0.25) is 10.1 Å². The van der Waals surface area contributed by atoms with Gasteiger partial charge in [0.2, 0.25) is 10.0 Å². The average molecular weight is 377 g/mol. The van der Waals surface area contributed by atoms with Crippen molar-refractivity contribution in [3.05, 3.63) is 68.7 Å². The third-order valence-corrected chi connectivity index (χ3v) is 4.99. The van der Waals surface area contributed by atoms with Crippen molar-refractivity contribution in [1.82, 2.24) is 4.72 Å². The molecule has 1 N–H and O–H groups in total. The molecule has 0 fully saturated rings. The summed E-state index contributed by atoms with van der Waals surface area (Å²) < 4.78 is 53.5. The molecule has 24 heavy (non-hydrogen) atoms. The molecule has 0 heterocycles. The summed E-state index contributed by atoms with van der Waals surface area (Å²) in [5, 5.41) is 11.0. The van der Waals surface area contributed by atoms with Gasteiger partial charge in [0.1, 0.15) is 11.6 Å². The first-order valence-electron chi connectivity index (χ1n) is 6.53. The number of sulfonamides is 1. The van der Waals surface area contributed by atoms with E-state index in [4.69, 9.17) is 11.6 Å². The molecule has 0 aromatic heterocycles. The standard InChI is InChI=1S/C14H11ClF2N2O4S/c1-8(11-4-3-10(16)7-12(11)17)18-24(22,23)14-5-2-9(15)6-13(14)19(20)21/h2-8,18H,1H3/t8-/m1/s1. The second kappa shape index (κ2) is 6.80. The highest BCUT2D eigenvalue weighted by Gasteiger charge is 2.28. The molecule has 0 radical (unpaired) electrons. The highest BCUT2D eigenvalue weighted by Crippen LogP contribution is 2.28. The second-order valence-corrected chi connectivity index (χ2v) is 7.00. The quantitative estimate of drug-likeness (QED) is 0.638. The summed E-state index contributed by atoms with van der Waals surface area (Å²) in [6.45, 7) is 1.33. The van der Waals surface area contributed by atoms with Gasteiger partial charge < -0.3 is 0 Å². The molecule has 6 nitrogen and oxygen atoms in total. The zero-order valence-corrected chi connectivity index (χ0v) is 13.7. The number of hydrogen-bond acceptors (Lipinski definition) is 4. The number of rotatable bonds is 5. The minimum atomic E-state index is -4.34. The highest BCUT2D eigenvalue weighted by molar-refractivity contribution is 7.89. The van der Waals surface area contributed by atoms with E-state index < -0.39 is 43.2 Å². The fraction of sp³-hybridized carbons (Fsp3) is 0.143. The molecular weight excluding hydrogens is 366 g/mol. The fourth-order valence-electron chi connectivity index (χ4n) is 2.07. The first-order chi connectivity index (χ1) is 11.1. The van der Waals surface area contributed by atoms with E-state index in [1.54, 1.807) is 0 Å². The molecule has 0 saturated heterocycles. The van der Waals surface area contributed by atoms with E-state index in [1.165, 1.54) is 13.0 Å². The first kappa shape index (κ1) is 18.2. The van der Waals surface area contributed by atoms with Crippen molar-refractivity contribution in [2.24, 2.45) is 0 Å². The summed E-state index contributed by atoms with van der Waals surface area (Å²) in [7, 11) is -4.34. The second-order valence-electron chi connectivity index (χ2n) is 4.88. The zero-order chi connectivity index (χ0) is 18.1. The van der Waals surface area contributed by atoms with Gasteiger partial charge in [-0.05, 0) is 25.1 Å². The van der Waals surface area contributed by atoms with Crippen LogP contribution in [0.15, 0.2) is 41.3 Å². The van der Waals surface area contributed by atoms with Gasteiger partial charge in [-0.1, -0.05) is 17.7 Å². The lowest BCUT2D eigenvalue weighted by molar-refractivity contribution is -0.387. The van der Waals surface area contributed by atoms with E-state index in [2.05, 4.69) is 4.72 Å². The number of benzene rings is 2. The lowest BCUT2D eigenvalue weighted by Crippen LogP contribution is -2.28. The van der Waals surface area contributed by atoms with E-state index >= 15 is 0 Å². The third-order valence-electron chi connectivity index (χ3n) is 3.17. The molecule has 0 aliphatic rings. The van der Waals surface area contributed by atoms with Crippen LogP contribution < -0.4 is 4.72 Å². The molecule has 0 unspecified atom stereocenters. The first-order valence-corrected chi connectivity index (χ1v) is 8.39. The van der Waals surface area contributed by atoms with Crippen molar-refractivity contribution in [3.8, 4) is 0 Å².